The molecule has 0 amide bonds. The lowest BCUT2D eigenvalue weighted by Crippen LogP contribution is -2.58. The van der Waals surface area contributed by atoms with Crippen LogP contribution in [0.4, 0.5) is 0 Å². The monoisotopic (exact) mass is 424 g/mol. The number of para-hydroxylation sites is 1. The highest BCUT2D eigenvalue weighted by Gasteiger charge is 2.55. The zero-order valence-corrected chi connectivity index (χ0v) is 17.8. The molecule has 0 saturated heterocycles. The van der Waals surface area contributed by atoms with Gasteiger partial charge in [-0.3, -0.25) is 18.8 Å². The number of aryl methyl sites for hydroxylation is 1. The molecule has 1 aromatic carbocycles. The van der Waals surface area contributed by atoms with Gasteiger partial charge in [0, 0.05) is 23.9 Å². The van der Waals surface area contributed by atoms with E-state index in [1.165, 1.54) is 18.4 Å². The van der Waals surface area contributed by atoms with Gasteiger partial charge in [-0.1, -0.05) is 29.5 Å². The summed E-state index contributed by atoms with van der Waals surface area (Å²) >= 11 is 1.29. The first-order valence-corrected chi connectivity index (χ1v) is 10.3. The predicted molar refractivity (Wildman–Crippen MR) is 110 cm³/mol. The van der Waals surface area contributed by atoms with E-state index in [2.05, 4.69) is 5.10 Å². The Morgan fingerprint density at radius 1 is 1.37 bits per heavy atom. The zero-order chi connectivity index (χ0) is 21.2. The fourth-order valence-electron chi connectivity index (χ4n) is 4.23. The van der Waals surface area contributed by atoms with Crippen LogP contribution in [0.3, 0.4) is 0 Å². The Morgan fingerprint density at radius 2 is 2.13 bits per heavy atom. The molecule has 2 bridgehead atoms. The molecule has 2 aromatic heterocycles. The van der Waals surface area contributed by atoms with Gasteiger partial charge in [0.1, 0.15) is 11.7 Å². The Kier molecular flexibility index (Phi) is 4.01. The molecule has 2 aliphatic rings. The fraction of sp³-hybridized carbons (Fsp3) is 0.333. The topological polar surface area (TPSA) is 87.7 Å². The standard InChI is InChI=1S/C21H20N4O4S/c1-11-12(10-22-24(11)3)9-15-18(26)25-17-13-7-5-6-8-14(13)29-21(2,23-20(25)30-15)16(17)19(27)28-4/h5-10,16-17H,1-4H3/b15-9+/t16-,17+,21-/m1/s1. The van der Waals surface area contributed by atoms with E-state index in [0.717, 1.165) is 16.8 Å². The van der Waals surface area contributed by atoms with Crippen LogP contribution in [0.25, 0.3) is 6.08 Å². The molecular formula is C21H20N4O4S. The lowest BCUT2D eigenvalue weighted by molar-refractivity contribution is -0.158. The largest absolute Gasteiger partial charge is 0.469 e. The summed E-state index contributed by atoms with van der Waals surface area (Å²) in [7, 11) is 3.19. The first kappa shape index (κ1) is 18.8. The molecule has 0 spiro atoms. The van der Waals surface area contributed by atoms with Gasteiger partial charge in [0.05, 0.1) is 23.9 Å². The summed E-state index contributed by atoms with van der Waals surface area (Å²) in [5.74, 6) is -0.616. The summed E-state index contributed by atoms with van der Waals surface area (Å²) in [5, 5.41) is 4.24. The van der Waals surface area contributed by atoms with E-state index in [4.69, 9.17) is 14.5 Å². The van der Waals surface area contributed by atoms with Gasteiger partial charge in [0.25, 0.3) is 5.56 Å². The van der Waals surface area contributed by atoms with Crippen molar-refractivity contribution in [3.63, 3.8) is 0 Å². The average molecular weight is 424 g/mol. The fourth-order valence-corrected chi connectivity index (χ4v) is 5.32. The van der Waals surface area contributed by atoms with Gasteiger partial charge in [-0.2, -0.15) is 5.10 Å². The average Bonchev–Trinajstić information content (AvgIpc) is 3.19. The molecule has 4 heterocycles. The number of benzene rings is 1. The quantitative estimate of drug-likeness (QED) is 0.571. The number of nitrogens with zero attached hydrogens (tertiary/aromatic N) is 4. The second-order valence-electron chi connectivity index (χ2n) is 7.63. The Balaban J connectivity index is 1.81. The first-order valence-electron chi connectivity index (χ1n) is 9.51. The van der Waals surface area contributed by atoms with Crippen molar-refractivity contribution in [3.8, 4) is 5.75 Å². The lowest BCUT2D eigenvalue weighted by Gasteiger charge is -2.44. The van der Waals surface area contributed by atoms with Gasteiger partial charge in [-0.25, -0.2) is 4.99 Å². The lowest BCUT2D eigenvalue weighted by atomic mass is 9.81. The number of aromatic nitrogens is 3. The minimum Gasteiger partial charge on any atom is -0.469 e. The van der Waals surface area contributed by atoms with E-state index < -0.39 is 23.7 Å². The molecule has 0 fully saturated rings. The van der Waals surface area contributed by atoms with Gasteiger partial charge in [-0.15, -0.1) is 0 Å². The van der Waals surface area contributed by atoms with Gasteiger partial charge in [-0.05, 0) is 26.0 Å². The highest BCUT2D eigenvalue weighted by molar-refractivity contribution is 7.07. The van der Waals surface area contributed by atoms with Crippen LogP contribution < -0.4 is 19.6 Å². The normalized spacial score (nSPS) is 24.5. The summed E-state index contributed by atoms with van der Waals surface area (Å²) in [5.41, 5.74) is 1.23. The third-order valence-electron chi connectivity index (χ3n) is 5.89. The summed E-state index contributed by atoms with van der Waals surface area (Å²) in [6.45, 7) is 3.71. The molecule has 3 atom stereocenters. The second-order valence-corrected chi connectivity index (χ2v) is 8.64. The molecule has 0 radical (unpaired) electrons. The van der Waals surface area contributed by atoms with Gasteiger partial charge < -0.3 is 9.47 Å². The van der Waals surface area contributed by atoms with E-state index in [9.17, 15) is 9.59 Å². The molecule has 0 unspecified atom stereocenters. The van der Waals surface area contributed by atoms with Crippen molar-refractivity contribution in [3.05, 3.63) is 67.0 Å². The Labute approximate surface area is 175 Å². The van der Waals surface area contributed by atoms with Crippen molar-refractivity contribution in [2.24, 2.45) is 18.0 Å². The van der Waals surface area contributed by atoms with Crippen LogP contribution in [0.2, 0.25) is 0 Å². The minimum atomic E-state index is -1.16. The van der Waals surface area contributed by atoms with Crippen LogP contribution >= 0.6 is 11.3 Å². The summed E-state index contributed by atoms with van der Waals surface area (Å²) in [6.07, 6.45) is 3.55. The Hall–Kier alpha value is -3.20. The maximum absolute atomic E-state index is 13.5. The van der Waals surface area contributed by atoms with E-state index in [-0.39, 0.29) is 5.56 Å². The van der Waals surface area contributed by atoms with Crippen LogP contribution in [0, 0.1) is 12.8 Å². The third kappa shape index (κ3) is 2.51. The molecule has 5 rings (SSSR count). The van der Waals surface area contributed by atoms with Crippen LogP contribution in [0.5, 0.6) is 5.75 Å². The molecule has 2 aliphatic heterocycles. The molecule has 154 valence electrons. The summed E-state index contributed by atoms with van der Waals surface area (Å²) < 4.78 is 15.1. The number of esters is 1. The van der Waals surface area contributed by atoms with Gasteiger partial charge >= 0.3 is 5.97 Å². The van der Waals surface area contributed by atoms with Crippen LogP contribution in [0.1, 0.15) is 29.8 Å². The van der Waals surface area contributed by atoms with E-state index in [0.29, 0.717) is 15.1 Å². The smallest absolute Gasteiger partial charge is 0.317 e. The van der Waals surface area contributed by atoms with Crippen molar-refractivity contribution in [2.45, 2.75) is 25.6 Å². The number of hydrogen-bond donors (Lipinski definition) is 0. The van der Waals surface area contributed by atoms with Crippen LogP contribution in [0.15, 0.2) is 40.2 Å². The van der Waals surface area contributed by atoms with E-state index in [1.807, 2.05) is 44.3 Å². The predicted octanol–water partition coefficient (Wildman–Crippen LogP) is 0.901. The molecule has 0 aliphatic carbocycles. The van der Waals surface area contributed by atoms with Crippen LogP contribution in [-0.2, 0) is 16.6 Å². The maximum atomic E-state index is 13.5. The number of ether oxygens (including phenoxy) is 2. The number of carbonyl (C=O) groups is 1. The molecule has 9 heteroatoms. The molecule has 3 aromatic rings. The number of carbonyl (C=O) groups excluding carboxylic acids is 1. The van der Waals surface area contributed by atoms with Crippen molar-refractivity contribution < 1.29 is 14.3 Å². The second kappa shape index (κ2) is 6.40. The highest BCUT2D eigenvalue weighted by atomic mass is 32.1. The van der Waals surface area contributed by atoms with E-state index >= 15 is 0 Å². The third-order valence-corrected chi connectivity index (χ3v) is 6.88. The van der Waals surface area contributed by atoms with E-state index in [1.54, 1.807) is 22.4 Å². The molecule has 0 N–H and O–H groups in total. The van der Waals surface area contributed by atoms with Crippen LogP contribution in [-0.4, -0.2) is 33.2 Å². The molecule has 8 nitrogen and oxygen atoms in total. The van der Waals surface area contributed by atoms with Crippen molar-refractivity contribution in [1.82, 2.24) is 14.3 Å². The SMILES string of the molecule is COC(=O)[C@H]1[C@@H]2c3ccccc3O[C@@]1(C)N=c1s/c(=C/c3cnn(C)c3C)c(=O)n12. The number of fused-ring (bicyclic) bond motifs is 6. The highest BCUT2D eigenvalue weighted by Crippen LogP contribution is 2.47. The van der Waals surface area contributed by atoms with Crippen molar-refractivity contribution in [2.75, 3.05) is 7.11 Å². The zero-order valence-electron chi connectivity index (χ0n) is 16.9. The molecule has 30 heavy (non-hydrogen) atoms. The maximum Gasteiger partial charge on any atom is 0.317 e. The Morgan fingerprint density at radius 3 is 2.83 bits per heavy atom. The van der Waals surface area contributed by atoms with Gasteiger partial charge in [0.15, 0.2) is 4.80 Å². The number of rotatable bonds is 2. The number of hydrogen-bond acceptors (Lipinski definition) is 7. The number of thiazole rings is 1. The minimum absolute atomic E-state index is 0.195. The number of methoxy groups -OCH3 is 1. The van der Waals surface area contributed by atoms with Gasteiger partial charge in [0.2, 0.25) is 5.72 Å². The molecule has 0 saturated carbocycles. The summed E-state index contributed by atoms with van der Waals surface area (Å²) in [6, 6.07) is 6.88. The first-order chi connectivity index (χ1) is 14.3. The Bertz CT molecular complexity index is 1370. The van der Waals surface area contributed by atoms with Crippen molar-refractivity contribution >= 4 is 23.4 Å². The van der Waals surface area contributed by atoms with Crippen molar-refractivity contribution in [1.29, 1.82) is 0 Å². The molecular weight excluding hydrogens is 404 g/mol. The summed E-state index contributed by atoms with van der Waals surface area (Å²) in [4.78, 5) is 31.5.